The van der Waals surface area contributed by atoms with Crippen LogP contribution in [0.15, 0.2) is 24.3 Å². The second kappa shape index (κ2) is 4.49. The predicted octanol–water partition coefficient (Wildman–Crippen LogP) is 2.19. The summed E-state index contributed by atoms with van der Waals surface area (Å²) in [5, 5.41) is 9.55. The van der Waals surface area contributed by atoms with Crippen LogP contribution in [-0.2, 0) is 10.6 Å². The van der Waals surface area contributed by atoms with Gasteiger partial charge in [-0.05, 0) is 6.42 Å². The number of thiol groups is 1. The van der Waals surface area contributed by atoms with Crippen LogP contribution in [0.1, 0.15) is 23.1 Å². The fourth-order valence-corrected chi connectivity index (χ4v) is 1.70. The summed E-state index contributed by atoms with van der Waals surface area (Å²) >= 11 is 3.48. The number of hydrogen-bond donors (Lipinski definition) is 1. The van der Waals surface area contributed by atoms with E-state index in [4.69, 9.17) is 0 Å². The van der Waals surface area contributed by atoms with Crippen molar-refractivity contribution in [1.29, 1.82) is 0 Å². The molecule has 16 heavy (non-hydrogen) atoms. The molecule has 0 unspecified atom stereocenters. The fraction of sp³-hybridized carbons (Fsp3) is 0.182. The maximum Gasteiger partial charge on any atom is 0.371 e. The molecule has 0 atom stereocenters. The molecule has 0 aliphatic heterocycles. The molecule has 0 fully saturated rings. The van der Waals surface area contributed by atoms with E-state index in [9.17, 15) is 4.79 Å². The first kappa shape index (κ1) is 10.9. The molecule has 0 spiro atoms. The third-order valence-electron chi connectivity index (χ3n) is 2.37. The van der Waals surface area contributed by atoms with Gasteiger partial charge >= 0.3 is 5.97 Å². The van der Waals surface area contributed by atoms with Crippen molar-refractivity contribution < 1.29 is 8.98 Å². The first-order chi connectivity index (χ1) is 7.77. The van der Waals surface area contributed by atoms with Gasteiger partial charge in [-0.25, -0.2) is 4.79 Å². The summed E-state index contributed by atoms with van der Waals surface area (Å²) in [4.78, 5) is 11.4. The molecule has 0 N–H and O–H groups in total. The number of aryl methyl sites for hydroxylation is 1. The molecule has 0 bridgehead atoms. The minimum Gasteiger partial charge on any atom is -0.390 e. The first-order valence-electron chi connectivity index (χ1n) is 4.88. The maximum absolute atomic E-state index is 11.4. The molecule has 0 aliphatic carbocycles. The van der Waals surface area contributed by atoms with Crippen molar-refractivity contribution >= 4 is 29.7 Å². The number of nitrogens with zero attached hydrogens (tertiary/aromatic N) is 2. The number of carbonyl (C=O) groups is 1. The van der Waals surface area contributed by atoms with Crippen LogP contribution >= 0.6 is 12.9 Å². The molecule has 0 radical (unpaired) electrons. The van der Waals surface area contributed by atoms with E-state index < -0.39 is 5.97 Å². The van der Waals surface area contributed by atoms with Gasteiger partial charge in [0, 0.05) is 23.7 Å². The summed E-state index contributed by atoms with van der Waals surface area (Å²) in [6.07, 6.45) is 0.768. The highest BCUT2D eigenvalue weighted by atomic mass is 32.1. The lowest BCUT2D eigenvalue weighted by Crippen LogP contribution is -2.06. The van der Waals surface area contributed by atoms with Crippen LogP contribution in [0.2, 0.25) is 0 Å². The SMILES string of the molecule is CCc1nnc(C(=O)OS)c2ccccc12. The molecule has 4 nitrogen and oxygen atoms in total. The average Bonchev–Trinajstić information content (AvgIpc) is 2.36. The van der Waals surface area contributed by atoms with Gasteiger partial charge in [-0.3, -0.25) is 0 Å². The molecular formula is C11H10N2O2S. The molecule has 1 aromatic carbocycles. The largest absolute Gasteiger partial charge is 0.390 e. The van der Waals surface area contributed by atoms with Gasteiger partial charge in [0.15, 0.2) is 5.69 Å². The van der Waals surface area contributed by atoms with Gasteiger partial charge in [0.1, 0.15) is 0 Å². The van der Waals surface area contributed by atoms with Crippen LogP contribution in [-0.4, -0.2) is 16.2 Å². The molecule has 0 saturated carbocycles. The fourth-order valence-electron chi connectivity index (χ4n) is 1.61. The smallest absolute Gasteiger partial charge is 0.371 e. The van der Waals surface area contributed by atoms with E-state index >= 15 is 0 Å². The van der Waals surface area contributed by atoms with Crippen LogP contribution in [0.5, 0.6) is 0 Å². The van der Waals surface area contributed by atoms with Crippen molar-refractivity contribution in [2.75, 3.05) is 0 Å². The summed E-state index contributed by atoms with van der Waals surface area (Å²) in [5.41, 5.74) is 1.06. The second-order valence-corrected chi connectivity index (χ2v) is 3.46. The van der Waals surface area contributed by atoms with Crippen molar-refractivity contribution in [2.45, 2.75) is 13.3 Å². The van der Waals surface area contributed by atoms with Gasteiger partial charge in [0.2, 0.25) is 0 Å². The van der Waals surface area contributed by atoms with E-state index in [0.717, 1.165) is 22.9 Å². The Labute approximate surface area is 98.3 Å². The number of fused-ring (bicyclic) bond motifs is 1. The quantitative estimate of drug-likeness (QED) is 0.639. The minimum absolute atomic E-state index is 0.197. The van der Waals surface area contributed by atoms with E-state index in [2.05, 4.69) is 27.3 Å². The molecule has 0 aliphatic rings. The second-order valence-electron chi connectivity index (χ2n) is 3.27. The van der Waals surface area contributed by atoms with Gasteiger partial charge in [0.25, 0.3) is 0 Å². The summed E-state index contributed by atoms with van der Waals surface area (Å²) < 4.78 is 4.37. The highest BCUT2D eigenvalue weighted by Crippen LogP contribution is 2.20. The normalized spacial score (nSPS) is 10.4. The zero-order valence-corrected chi connectivity index (χ0v) is 9.57. The molecule has 5 heteroatoms. The summed E-state index contributed by atoms with van der Waals surface area (Å²) in [6, 6.07) is 7.49. The highest BCUT2D eigenvalue weighted by Gasteiger charge is 2.15. The number of benzene rings is 1. The Bertz CT molecular complexity index is 542. The third-order valence-corrected chi connectivity index (χ3v) is 2.54. The maximum atomic E-state index is 11.4. The standard InChI is InChI=1S/C11H10N2O2S/c1-2-9-7-5-3-4-6-8(7)10(13-12-9)11(14)15-16/h3-6,16H,2H2,1H3. The summed E-state index contributed by atoms with van der Waals surface area (Å²) in [7, 11) is 0. The van der Waals surface area contributed by atoms with Crippen LogP contribution in [0.4, 0.5) is 0 Å². The first-order valence-corrected chi connectivity index (χ1v) is 5.24. The van der Waals surface area contributed by atoms with E-state index in [1.54, 1.807) is 0 Å². The lowest BCUT2D eigenvalue weighted by molar-refractivity contribution is 0.0767. The summed E-state index contributed by atoms with van der Waals surface area (Å²) in [6.45, 7) is 1.99. The molecular weight excluding hydrogens is 224 g/mol. The predicted molar refractivity (Wildman–Crippen MR) is 63.3 cm³/mol. The summed E-state index contributed by atoms with van der Waals surface area (Å²) in [5.74, 6) is -0.588. The van der Waals surface area contributed by atoms with Gasteiger partial charge in [-0.2, -0.15) is 5.10 Å². The minimum atomic E-state index is -0.588. The molecule has 1 aromatic heterocycles. The van der Waals surface area contributed by atoms with E-state index in [-0.39, 0.29) is 5.69 Å². The van der Waals surface area contributed by atoms with Crippen LogP contribution < -0.4 is 0 Å². The number of rotatable bonds is 2. The van der Waals surface area contributed by atoms with E-state index in [1.165, 1.54) is 0 Å². The Morgan fingerprint density at radius 1 is 1.31 bits per heavy atom. The van der Waals surface area contributed by atoms with Crippen LogP contribution in [0.25, 0.3) is 10.8 Å². The Morgan fingerprint density at radius 3 is 2.62 bits per heavy atom. The monoisotopic (exact) mass is 234 g/mol. The third kappa shape index (κ3) is 1.74. The van der Waals surface area contributed by atoms with Crippen molar-refractivity contribution in [1.82, 2.24) is 10.2 Å². The Hall–Kier alpha value is -1.62. The number of carbonyl (C=O) groups excluding carboxylic acids is 1. The van der Waals surface area contributed by atoms with Gasteiger partial charge in [-0.1, -0.05) is 31.2 Å². The average molecular weight is 234 g/mol. The Morgan fingerprint density at radius 2 is 2.00 bits per heavy atom. The van der Waals surface area contributed by atoms with Gasteiger partial charge in [-0.15, -0.1) is 5.10 Å². The van der Waals surface area contributed by atoms with Gasteiger partial charge in [0.05, 0.1) is 5.69 Å². The highest BCUT2D eigenvalue weighted by molar-refractivity contribution is 7.75. The molecule has 2 aromatic rings. The van der Waals surface area contributed by atoms with Gasteiger partial charge < -0.3 is 4.18 Å². The lowest BCUT2D eigenvalue weighted by Gasteiger charge is -2.05. The Balaban J connectivity index is 2.74. The Kier molecular flexibility index (Phi) is 3.05. The zero-order chi connectivity index (χ0) is 11.5. The van der Waals surface area contributed by atoms with Crippen molar-refractivity contribution in [3.8, 4) is 0 Å². The van der Waals surface area contributed by atoms with Crippen molar-refractivity contribution in [3.05, 3.63) is 35.7 Å². The lowest BCUT2D eigenvalue weighted by atomic mass is 10.1. The topological polar surface area (TPSA) is 52.1 Å². The number of hydrogen-bond acceptors (Lipinski definition) is 5. The molecule has 1 heterocycles. The zero-order valence-electron chi connectivity index (χ0n) is 8.67. The van der Waals surface area contributed by atoms with Crippen LogP contribution in [0.3, 0.4) is 0 Å². The molecule has 0 saturated heterocycles. The van der Waals surface area contributed by atoms with E-state index in [1.807, 2.05) is 31.2 Å². The molecule has 82 valence electrons. The van der Waals surface area contributed by atoms with Crippen LogP contribution in [0, 0.1) is 0 Å². The molecule has 2 rings (SSSR count). The van der Waals surface area contributed by atoms with E-state index in [0.29, 0.717) is 0 Å². The number of aromatic nitrogens is 2. The van der Waals surface area contributed by atoms with Crippen molar-refractivity contribution in [3.63, 3.8) is 0 Å². The molecule has 0 amide bonds. The van der Waals surface area contributed by atoms with Crippen molar-refractivity contribution in [2.24, 2.45) is 0 Å².